The number of likely N-dealkylation sites (tertiary alicyclic amines) is 1. The third kappa shape index (κ3) is 2.01. The minimum Gasteiger partial charge on any atom is -0.370 e. The van der Waals surface area contributed by atoms with E-state index in [4.69, 9.17) is 16.9 Å². The Hall–Kier alpha value is -0.970. The van der Waals surface area contributed by atoms with Gasteiger partial charge in [0.05, 0.1) is 0 Å². The molecule has 1 amide bonds. The van der Waals surface area contributed by atoms with Gasteiger partial charge in [0, 0.05) is 6.54 Å². The molecule has 1 heterocycles. The Morgan fingerprint density at radius 1 is 1.50 bits per heavy atom. The van der Waals surface area contributed by atoms with E-state index in [9.17, 15) is 4.79 Å². The van der Waals surface area contributed by atoms with E-state index < -0.39 is 5.91 Å². The lowest BCUT2D eigenvalue weighted by atomic mass is 10.2. The normalized spacial score (nSPS) is 21.7. The third-order valence-corrected chi connectivity index (χ3v) is 1.89. The molecule has 1 fully saturated rings. The molecule has 0 aliphatic carbocycles. The molecule has 1 aliphatic rings. The van der Waals surface area contributed by atoms with Crippen molar-refractivity contribution in [3.05, 3.63) is 0 Å². The molecular weight excluding hydrogens is 180 g/mol. The Bertz CT molecular complexity index is 176. The smallest absolute Gasteiger partial charge is 0.240 e. The predicted octanol–water partition coefficient (Wildman–Crippen LogP) is -0.749. The maximum atomic E-state index is 10.7. The summed E-state index contributed by atoms with van der Waals surface area (Å²) < 4.78 is 0. The molecule has 6 heteroatoms. The summed E-state index contributed by atoms with van der Waals surface area (Å²) >= 11 is 0. The SMILES string of the molecule is Cl.N=C(N)N1CCCC1C(N)=O. The van der Waals surface area contributed by atoms with E-state index in [1.54, 1.807) is 0 Å². The molecule has 70 valence electrons. The number of carbonyl (C=O) groups is 1. The van der Waals surface area contributed by atoms with Gasteiger partial charge in [0.1, 0.15) is 6.04 Å². The van der Waals surface area contributed by atoms with Crippen LogP contribution in [0.2, 0.25) is 0 Å². The topological polar surface area (TPSA) is 96.2 Å². The second-order valence-corrected chi connectivity index (χ2v) is 2.64. The van der Waals surface area contributed by atoms with E-state index in [0.717, 1.165) is 12.8 Å². The van der Waals surface area contributed by atoms with Gasteiger partial charge in [-0.05, 0) is 12.8 Å². The lowest BCUT2D eigenvalue weighted by molar-refractivity contribution is -0.121. The van der Waals surface area contributed by atoms with Crippen LogP contribution in [0.4, 0.5) is 0 Å². The fourth-order valence-electron chi connectivity index (χ4n) is 1.35. The van der Waals surface area contributed by atoms with Crippen LogP contribution >= 0.6 is 12.4 Å². The zero-order chi connectivity index (χ0) is 8.43. The van der Waals surface area contributed by atoms with E-state index in [1.807, 2.05) is 0 Å². The minimum atomic E-state index is -0.391. The summed E-state index contributed by atoms with van der Waals surface area (Å²) in [5, 5.41) is 7.11. The minimum absolute atomic E-state index is 0. The number of rotatable bonds is 1. The molecule has 0 aromatic rings. The number of hydrogen-bond acceptors (Lipinski definition) is 2. The number of primary amides is 1. The monoisotopic (exact) mass is 192 g/mol. The van der Waals surface area contributed by atoms with Gasteiger partial charge in [0.15, 0.2) is 5.96 Å². The van der Waals surface area contributed by atoms with Crippen LogP contribution in [0.25, 0.3) is 0 Å². The van der Waals surface area contributed by atoms with Gasteiger partial charge in [-0.2, -0.15) is 0 Å². The van der Waals surface area contributed by atoms with Gasteiger partial charge in [0.25, 0.3) is 0 Å². The molecule has 0 radical (unpaired) electrons. The zero-order valence-electron chi connectivity index (χ0n) is 6.62. The number of guanidine groups is 1. The molecule has 5 nitrogen and oxygen atoms in total. The summed E-state index contributed by atoms with van der Waals surface area (Å²) in [6.07, 6.45) is 1.60. The summed E-state index contributed by atoms with van der Waals surface area (Å²) in [7, 11) is 0. The number of hydrogen-bond donors (Lipinski definition) is 3. The molecule has 12 heavy (non-hydrogen) atoms. The van der Waals surface area contributed by atoms with Gasteiger partial charge in [0.2, 0.25) is 5.91 Å². The van der Waals surface area contributed by atoms with Crippen molar-refractivity contribution in [2.45, 2.75) is 18.9 Å². The average Bonchev–Trinajstić information content (AvgIpc) is 2.32. The van der Waals surface area contributed by atoms with Gasteiger partial charge in [-0.15, -0.1) is 12.4 Å². The van der Waals surface area contributed by atoms with Crippen molar-refractivity contribution >= 4 is 24.3 Å². The van der Waals surface area contributed by atoms with Crippen molar-refractivity contribution < 1.29 is 4.79 Å². The Kier molecular flexibility index (Phi) is 3.82. The van der Waals surface area contributed by atoms with E-state index in [-0.39, 0.29) is 24.4 Å². The first-order valence-electron chi connectivity index (χ1n) is 3.53. The summed E-state index contributed by atoms with van der Waals surface area (Å²) in [6, 6.07) is -0.354. The van der Waals surface area contributed by atoms with Crippen LogP contribution in [-0.2, 0) is 4.79 Å². The van der Waals surface area contributed by atoms with Crippen LogP contribution in [0.5, 0.6) is 0 Å². The molecule has 1 saturated heterocycles. The molecule has 5 N–H and O–H groups in total. The van der Waals surface area contributed by atoms with Crippen molar-refractivity contribution in [2.75, 3.05) is 6.54 Å². The first-order chi connectivity index (χ1) is 5.13. The highest BCUT2D eigenvalue weighted by Gasteiger charge is 2.29. The Balaban J connectivity index is 0.00000121. The summed E-state index contributed by atoms with van der Waals surface area (Å²) in [5.74, 6) is -0.455. The first-order valence-corrected chi connectivity index (χ1v) is 3.53. The molecular formula is C6H13ClN4O. The number of amides is 1. The highest BCUT2D eigenvalue weighted by atomic mass is 35.5. The number of nitrogens with two attached hydrogens (primary N) is 2. The van der Waals surface area contributed by atoms with E-state index in [2.05, 4.69) is 0 Å². The maximum Gasteiger partial charge on any atom is 0.240 e. The average molecular weight is 193 g/mol. The number of halogens is 1. The molecule has 1 unspecified atom stereocenters. The Morgan fingerprint density at radius 2 is 2.08 bits per heavy atom. The van der Waals surface area contributed by atoms with Crippen LogP contribution in [0.3, 0.4) is 0 Å². The summed E-state index contributed by atoms with van der Waals surface area (Å²) in [5.41, 5.74) is 10.3. The maximum absolute atomic E-state index is 10.7. The molecule has 1 aliphatic heterocycles. The van der Waals surface area contributed by atoms with Crippen LogP contribution in [-0.4, -0.2) is 29.4 Å². The lowest BCUT2D eigenvalue weighted by Crippen LogP contribution is -2.46. The van der Waals surface area contributed by atoms with Crippen molar-refractivity contribution in [3.63, 3.8) is 0 Å². The molecule has 0 saturated carbocycles. The predicted molar refractivity (Wildman–Crippen MR) is 48.1 cm³/mol. The van der Waals surface area contributed by atoms with Crippen molar-refractivity contribution in [2.24, 2.45) is 11.5 Å². The largest absolute Gasteiger partial charge is 0.370 e. The van der Waals surface area contributed by atoms with E-state index >= 15 is 0 Å². The van der Waals surface area contributed by atoms with Crippen molar-refractivity contribution in [1.29, 1.82) is 5.41 Å². The van der Waals surface area contributed by atoms with Gasteiger partial charge in [-0.3, -0.25) is 10.2 Å². The first kappa shape index (κ1) is 11.0. The fraction of sp³-hybridized carbons (Fsp3) is 0.667. The summed E-state index contributed by atoms with van der Waals surface area (Å²) in [6.45, 7) is 0.670. The molecule has 0 spiro atoms. The number of nitrogens with zero attached hydrogens (tertiary/aromatic N) is 1. The number of carbonyl (C=O) groups excluding carboxylic acids is 1. The van der Waals surface area contributed by atoms with Crippen LogP contribution < -0.4 is 11.5 Å². The fourth-order valence-corrected chi connectivity index (χ4v) is 1.35. The lowest BCUT2D eigenvalue weighted by Gasteiger charge is -2.21. The van der Waals surface area contributed by atoms with Crippen LogP contribution in [0.1, 0.15) is 12.8 Å². The van der Waals surface area contributed by atoms with Crippen molar-refractivity contribution in [3.8, 4) is 0 Å². The van der Waals surface area contributed by atoms with E-state index in [1.165, 1.54) is 4.90 Å². The van der Waals surface area contributed by atoms with Crippen LogP contribution in [0, 0.1) is 5.41 Å². The number of nitrogens with one attached hydrogen (secondary N) is 1. The quantitative estimate of drug-likeness (QED) is 0.377. The molecule has 0 aromatic heterocycles. The molecule has 1 atom stereocenters. The van der Waals surface area contributed by atoms with Crippen molar-refractivity contribution in [1.82, 2.24) is 4.90 Å². The third-order valence-electron chi connectivity index (χ3n) is 1.89. The van der Waals surface area contributed by atoms with Crippen LogP contribution in [0.15, 0.2) is 0 Å². The highest BCUT2D eigenvalue weighted by Crippen LogP contribution is 2.15. The second kappa shape index (κ2) is 4.15. The molecule has 0 aromatic carbocycles. The standard InChI is InChI=1S/C6H12N4O.ClH/c7-5(11)4-2-1-3-10(4)6(8)9;/h4H,1-3H2,(H2,7,11)(H3,8,9);1H. The molecule has 1 rings (SSSR count). The summed E-state index contributed by atoms with van der Waals surface area (Å²) in [4.78, 5) is 12.3. The Morgan fingerprint density at radius 3 is 2.42 bits per heavy atom. The second-order valence-electron chi connectivity index (χ2n) is 2.64. The van der Waals surface area contributed by atoms with Gasteiger partial charge in [-0.25, -0.2) is 0 Å². The highest BCUT2D eigenvalue weighted by molar-refractivity contribution is 5.86. The van der Waals surface area contributed by atoms with Gasteiger partial charge < -0.3 is 16.4 Å². The molecule has 0 bridgehead atoms. The van der Waals surface area contributed by atoms with E-state index in [0.29, 0.717) is 6.54 Å². The van der Waals surface area contributed by atoms with Gasteiger partial charge in [-0.1, -0.05) is 0 Å². The Labute approximate surface area is 77.0 Å². The van der Waals surface area contributed by atoms with Gasteiger partial charge >= 0.3 is 0 Å². The zero-order valence-corrected chi connectivity index (χ0v) is 7.43.